The van der Waals surface area contributed by atoms with Gasteiger partial charge in [-0.2, -0.15) is 0 Å². The minimum absolute atomic E-state index is 0.397. The van der Waals surface area contributed by atoms with Gasteiger partial charge in [-0.25, -0.2) is 0 Å². The summed E-state index contributed by atoms with van der Waals surface area (Å²) in [5.74, 6) is 0.441. The highest BCUT2D eigenvalue weighted by Gasteiger charge is 2.19. The zero-order chi connectivity index (χ0) is 19.2. The summed E-state index contributed by atoms with van der Waals surface area (Å²) in [6.45, 7) is 2.86. The third-order valence-electron chi connectivity index (χ3n) is 4.48. The van der Waals surface area contributed by atoms with E-state index in [1.807, 2.05) is 55.6 Å². The molecule has 6 heteroatoms. The summed E-state index contributed by atoms with van der Waals surface area (Å²) in [7, 11) is 1.59. The van der Waals surface area contributed by atoms with Gasteiger partial charge in [0.05, 0.1) is 13.7 Å². The highest BCUT2D eigenvalue weighted by Crippen LogP contribution is 2.28. The fourth-order valence-electron chi connectivity index (χ4n) is 3.11. The van der Waals surface area contributed by atoms with Crippen LogP contribution in [0.5, 0.6) is 11.5 Å². The van der Waals surface area contributed by atoms with Crippen LogP contribution in [0, 0.1) is 0 Å². The summed E-state index contributed by atoms with van der Waals surface area (Å²) >= 11 is 0. The number of aromatic nitrogens is 1. The average Bonchev–Trinajstić information content (AvgIpc) is 3.08. The second-order valence-electron chi connectivity index (χ2n) is 6.25. The van der Waals surface area contributed by atoms with Gasteiger partial charge in [-0.05, 0) is 36.2 Å². The van der Waals surface area contributed by atoms with Gasteiger partial charge in [0, 0.05) is 30.1 Å². The van der Waals surface area contributed by atoms with Gasteiger partial charge in [0.1, 0.15) is 6.04 Å². The molecule has 0 aliphatic carbocycles. The Balaban J connectivity index is 1.72. The molecule has 1 atom stereocenters. The molecule has 0 fully saturated rings. The van der Waals surface area contributed by atoms with E-state index in [-0.39, 0.29) is 0 Å². The quantitative estimate of drug-likeness (QED) is 0.539. The summed E-state index contributed by atoms with van der Waals surface area (Å²) in [5.41, 5.74) is 2.92. The Kier molecular flexibility index (Phi) is 5.98. The maximum atomic E-state index is 11.7. The number of aromatic amines is 1. The molecule has 0 radical (unpaired) electrons. The number of H-pyrrole nitrogens is 1. The minimum Gasteiger partial charge on any atom is -0.493 e. The topological polar surface area (TPSA) is 83.6 Å². The van der Waals surface area contributed by atoms with E-state index < -0.39 is 12.0 Å². The van der Waals surface area contributed by atoms with Gasteiger partial charge in [0.15, 0.2) is 11.5 Å². The van der Waals surface area contributed by atoms with Crippen molar-refractivity contribution in [3.8, 4) is 11.5 Å². The molecule has 0 aliphatic heterocycles. The molecule has 1 heterocycles. The summed E-state index contributed by atoms with van der Waals surface area (Å²) in [4.78, 5) is 14.9. The molecule has 1 aromatic heterocycles. The molecule has 27 heavy (non-hydrogen) atoms. The number of rotatable bonds is 9. The Morgan fingerprint density at radius 1 is 1.22 bits per heavy atom. The summed E-state index contributed by atoms with van der Waals surface area (Å²) in [6.07, 6.45) is 2.27. The molecule has 6 nitrogen and oxygen atoms in total. The van der Waals surface area contributed by atoms with Crippen LogP contribution in [0.15, 0.2) is 48.7 Å². The summed E-state index contributed by atoms with van der Waals surface area (Å²) in [5, 5.41) is 13.8. The lowest BCUT2D eigenvalue weighted by Gasteiger charge is -2.16. The fraction of sp³-hybridized carbons (Fsp3) is 0.286. The van der Waals surface area contributed by atoms with Crippen LogP contribution in [-0.4, -0.2) is 35.8 Å². The molecule has 0 unspecified atom stereocenters. The zero-order valence-corrected chi connectivity index (χ0v) is 15.5. The van der Waals surface area contributed by atoms with Crippen molar-refractivity contribution >= 4 is 16.9 Å². The van der Waals surface area contributed by atoms with E-state index in [2.05, 4.69) is 10.3 Å². The number of methoxy groups -OCH3 is 1. The van der Waals surface area contributed by atoms with Crippen LogP contribution in [0.3, 0.4) is 0 Å². The van der Waals surface area contributed by atoms with E-state index in [1.54, 1.807) is 7.11 Å². The average molecular weight is 368 g/mol. The third kappa shape index (κ3) is 4.41. The van der Waals surface area contributed by atoms with Crippen molar-refractivity contribution in [2.75, 3.05) is 13.7 Å². The number of para-hydroxylation sites is 1. The minimum atomic E-state index is -0.876. The van der Waals surface area contributed by atoms with Crippen LogP contribution < -0.4 is 14.8 Å². The number of carboxylic acid groups (broad SMARTS) is 1. The van der Waals surface area contributed by atoms with Crippen LogP contribution in [0.2, 0.25) is 0 Å². The lowest BCUT2D eigenvalue weighted by atomic mass is 10.0. The van der Waals surface area contributed by atoms with Gasteiger partial charge in [0.2, 0.25) is 0 Å². The van der Waals surface area contributed by atoms with Crippen LogP contribution in [0.1, 0.15) is 18.1 Å². The molecule has 0 spiro atoms. The zero-order valence-electron chi connectivity index (χ0n) is 15.5. The molecule has 0 bridgehead atoms. The number of hydrogen-bond acceptors (Lipinski definition) is 4. The first kappa shape index (κ1) is 18.8. The largest absolute Gasteiger partial charge is 0.493 e. The Morgan fingerprint density at radius 2 is 2.04 bits per heavy atom. The number of fused-ring (bicyclic) bond motifs is 1. The second kappa shape index (κ2) is 8.60. The number of nitrogens with one attached hydrogen (secondary N) is 2. The third-order valence-corrected chi connectivity index (χ3v) is 4.48. The van der Waals surface area contributed by atoms with Crippen molar-refractivity contribution in [2.45, 2.75) is 25.9 Å². The first-order valence-electron chi connectivity index (χ1n) is 8.93. The number of benzene rings is 2. The van der Waals surface area contributed by atoms with Crippen LogP contribution in [0.25, 0.3) is 10.9 Å². The Bertz CT molecular complexity index is 919. The SMILES string of the molecule is CCOc1cc(CN[C@@H](Cc2c[nH]c3ccccc23)C(=O)O)ccc1OC. The maximum Gasteiger partial charge on any atom is 0.321 e. The monoisotopic (exact) mass is 368 g/mol. The lowest BCUT2D eigenvalue weighted by Crippen LogP contribution is -2.38. The molecule has 3 rings (SSSR count). The van der Waals surface area contributed by atoms with Gasteiger partial charge in [-0.15, -0.1) is 0 Å². The normalized spacial score (nSPS) is 12.1. The molecular weight excluding hydrogens is 344 g/mol. The molecule has 142 valence electrons. The van der Waals surface area contributed by atoms with E-state index in [0.717, 1.165) is 22.0 Å². The van der Waals surface area contributed by atoms with Crippen molar-refractivity contribution < 1.29 is 19.4 Å². The predicted octanol–water partition coefficient (Wildman–Crippen LogP) is 3.36. The van der Waals surface area contributed by atoms with E-state index in [0.29, 0.717) is 31.1 Å². The van der Waals surface area contributed by atoms with Gasteiger partial charge < -0.3 is 24.9 Å². The smallest absolute Gasteiger partial charge is 0.321 e. The van der Waals surface area contributed by atoms with Crippen molar-refractivity contribution in [3.05, 3.63) is 59.8 Å². The molecule has 0 amide bonds. The van der Waals surface area contributed by atoms with Crippen molar-refractivity contribution in [2.24, 2.45) is 0 Å². The number of ether oxygens (including phenoxy) is 2. The first-order chi connectivity index (χ1) is 13.1. The molecule has 0 saturated heterocycles. The maximum absolute atomic E-state index is 11.7. The van der Waals surface area contributed by atoms with Gasteiger partial charge in [-0.3, -0.25) is 4.79 Å². The standard InChI is InChI=1S/C21H24N2O4/c1-3-27-20-10-14(8-9-19(20)26-2)12-22-18(21(24)25)11-15-13-23-17-7-5-4-6-16(15)17/h4-10,13,18,22-23H,3,11-12H2,1-2H3,(H,24,25)/t18-/m0/s1. The van der Waals surface area contributed by atoms with Crippen molar-refractivity contribution in [3.63, 3.8) is 0 Å². The molecule has 0 aliphatic rings. The summed E-state index contributed by atoms with van der Waals surface area (Å²) in [6, 6.07) is 12.8. The molecule has 3 N–H and O–H groups in total. The first-order valence-corrected chi connectivity index (χ1v) is 8.93. The van der Waals surface area contributed by atoms with Crippen molar-refractivity contribution in [1.29, 1.82) is 0 Å². The number of hydrogen-bond donors (Lipinski definition) is 3. The van der Waals surface area contributed by atoms with Gasteiger partial charge in [0.25, 0.3) is 0 Å². The number of carbonyl (C=O) groups is 1. The second-order valence-corrected chi connectivity index (χ2v) is 6.25. The van der Waals surface area contributed by atoms with Crippen LogP contribution in [-0.2, 0) is 17.8 Å². The van der Waals surface area contributed by atoms with Gasteiger partial charge in [-0.1, -0.05) is 24.3 Å². The molecule has 2 aromatic carbocycles. The number of aliphatic carboxylic acids is 1. The van der Waals surface area contributed by atoms with E-state index >= 15 is 0 Å². The van der Waals surface area contributed by atoms with E-state index in [1.165, 1.54) is 0 Å². The van der Waals surface area contributed by atoms with Crippen LogP contribution in [0.4, 0.5) is 0 Å². The summed E-state index contributed by atoms with van der Waals surface area (Å²) < 4.78 is 10.9. The van der Waals surface area contributed by atoms with E-state index in [9.17, 15) is 9.90 Å². The van der Waals surface area contributed by atoms with Gasteiger partial charge >= 0.3 is 5.97 Å². The molecule has 0 saturated carbocycles. The Hall–Kier alpha value is -2.99. The van der Waals surface area contributed by atoms with Crippen LogP contribution >= 0.6 is 0 Å². The van der Waals surface area contributed by atoms with E-state index in [4.69, 9.17) is 9.47 Å². The Labute approximate surface area is 158 Å². The van der Waals surface area contributed by atoms with Crippen molar-refractivity contribution in [1.82, 2.24) is 10.3 Å². The molecular formula is C21H24N2O4. The number of carboxylic acids is 1. The lowest BCUT2D eigenvalue weighted by molar-refractivity contribution is -0.139. The Morgan fingerprint density at radius 3 is 2.78 bits per heavy atom. The molecule has 3 aromatic rings. The highest BCUT2D eigenvalue weighted by atomic mass is 16.5. The predicted molar refractivity (Wildman–Crippen MR) is 104 cm³/mol. The highest BCUT2D eigenvalue weighted by molar-refractivity contribution is 5.84. The fourth-order valence-corrected chi connectivity index (χ4v) is 3.11.